The Balaban J connectivity index is 2.14. The second-order valence-corrected chi connectivity index (χ2v) is 6.54. The van der Waals surface area contributed by atoms with Crippen LogP contribution in [-0.4, -0.2) is 40.6 Å². The van der Waals surface area contributed by atoms with Crippen LogP contribution in [0.4, 0.5) is 0 Å². The van der Waals surface area contributed by atoms with Gasteiger partial charge in [0.1, 0.15) is 16.5 Å². The van der Waals surface area contributed by atoms with E-state index in [0.717, 1.165) is 12.8 Å². The molecule has 2 rings (SSSR count). The van der Waals surface area contributed by atoms with Crippen LogP contribution in [0.5, 0.6) is 11.5 Å². The first-order valence-corrected chi connectivity index (χ1v) is 8.84. The maximum absolute atomic E-state index is 12.0. The van der Waals surface area contributed by atoms with Gasteiger partial charge >= 0.3 is 5.97 Å². The second-order valence-electron chi connectivity index (χ2n) is 5.58. The van der Waals surface area contributed by atoms with Gasteiger partial charge < -0.3 is 14.6 Å². The molecule has 6 heteroatoms. The molecule has 1 N–H and O–H groups in total. The number of unbranched alkanes of at least 4 members (excludes halogenated alkanes) is 1. The van der Waals surface area contributed by atoms with Crippen LogP contribution in [0.15, 0.2) is 23.2 Å². The van der Waals surface area contributed by atoms with E-state index in [-0.39, 0.29) is 11.7 Å². The maximum atomic E-state index is 12.0. The zero-order chi connectivity index (χ0) is 16.9. The van der Waals surface area contributed by atoms with Crippen molar-refractivity contribution in [2.75, 3.05) is 19.0 Å². The number of phenolic OH excluding ortho intramolecular Hbond substituents is 1. The Morgan fingerprint density at radius 1 is 1.43 bits per heavy atom. The van der Waals surface area contributed by atoms with E-state index in [1.165, 1.54) is 11.8 Å². The number of aliphatic imine (C=N–C) groups is 1. The first kappa shape index (κ1) is 17.7. The molecule has 126 valence electrons. The van der Waals surface area contributed by atoms with Crippen LogP contribution in [0.3, 0.4) is 0 Å². The second kappa shape index (κ2) is 7.73. The smallest absolute Gasteiger partial charge is 0.334 e. The summed E-state index contributed by atoms with van der Waals surface area (Å²) < 4.78 is 10.7. The summed E-state index contributed by atoms with van der Waals surface area (Å²) in [5, 5.41) is 10.9. The molecule has 1 aromatic carbocycles. The maximum Gasteiger partial charge on any atom is 0.334 e. The Morgan fingerprint density at radius 2 is 2.22 bits per heavy atom. The van der Waals surface area contributed by atoms with Crippen LogP contribution in [0.25, 0.3) is 0 Å². The number of benzene rings is 1. The highest BCUT2D eigenvalue weighted by molar-refractivity contribution is 8.14. The van der Waals surface area contributed by atoms with Crippen molar-refractivity contribution in [3.63, 3.8) is 0 Å². The van der Waals surface area contributed by atoms with Gasteiger partial charge in [-0.25, -0.2) is 4.79 Å². The molecule has 0 unspecified atom stereocenters. The first-order valence-electron chi connectivity index (χ1n) is 7.86. The third kappa shape index (κ3) is 4.19. The Bertz CT molecular complexity index is 602. The van der Waals surface area contributed by atoms with Crippen molar-refractivity contribution < 1.29 is 19.4 Å². The molecule has 0 bridgehead atoms. The number of carbonyl (C=O) groups is 1. The van der Waals surface area contributed by atoms with Gasteiger partial charge in [-0.1, -0.05) is 13.3 Å². The Labute approximate surface area is 141 Å². The van der Waals surface area contributed by atoms with Crippen molar-refractivity contribution >= 4 is 22.8 Å². The monoisotopic (exact) mass is 337 g/mol. The highest BCUT2D eigenvalue weighted by atomic mass is 32.2. The lowest BCUT2D eigenvalue weighted by molar-refractivity contribution is -0.147. The van der Waals surface area contributed by atoms with E-state index in [1.54, 1.807) is 26.0 Å². The third-order valence-electron chi connectivity index (χ3n) is 3.52. The summed E-state index contributed by atoms with van der Waals surface area (Å²) in [6, 6.07) is 5.18. The quantitative estimate of drug-likeness (QED) is 0.610. The van der Waals surface area contributed by atoms with E-state index in [0.29, 0.717) is 35.3 Å². The average molecular weight is 337 g/mol. The number of thioether (sulfide) groups is 1. The molecule has 1 aliphatic rings. The number of aromatic hydroxyl groups is 1. The van der Waals surface area contributed by atoms with Crippen molar-refractivity contribution in [3.8, 4) is 11.5 Å². The predicted molar refractivity (Wildman–Crippen MR) is 92.5 cm³/mol. The molecule has 5 nitrogen and oxygen atoms in total. The topological polar surface area (TPSA) is 68.1 Å². The lowest BCUT2D eigenvalue weighted by Gasteiger charge is -2.16. The molecule has 1 atom stereocenters. The average Bonchev–Trinajstić information content (AvgIpc) is 2.91. The molecule has 0 amide bonds. The molecule has 0 aliphatic carbocycles. The van der Waals surface area contributed by atoms with Crippen molar-refractivity contribution in [1.82, 2.24) is 0 Å². The van der Waals surface area contributed by atoms with Crippen LogP contribution in [0.2, 0.25) is 0 Å². The van der Waals surface area contributed by atoms with Gasteiger partial charge in [-0.3, -0.25) is 4.99 Å². The van der Waals surface area contributed by atoms with E-state index in [1.807, 2.05) is 6.07 Å². The standard InChI is InChI=1S/C17H23NO4S/c1-4-6-9-22-12-7-8-13(14(19)10-12)15-18-17(3,11-23-15)16(20)21-5-2/h7-8,10,19H,4-6,9,11H2,1-3H3/t17-/m1/s1. The number of hydrogen-bond acceptors (Lipinski definition) is 6. The number of nitrogens with zero attached hydrogens (tertiary/aromatic N) is 1. The predicted octanol–water partition coefficient (Wildman–Crippen LogP) is 3.39. The van der Waals surface area contributed by atoms with E-state index in [4.69, 9.17) is 9.47 Å². The zero-order valence-electron chi connectivity index (χ0n) is 13.8. The van der Waals surface area contributed by atoms with Gasteiger partial charge in [0.05, 0.1) is 13.2 Å². The zero-order valence-corrected chi connectivity index (χ0v) is 14.6. The molecular formula is C17H23NO4S. The third-order valence-corrected chi connectivity index (χ3v) is 4.81. The van der Waals surface area contributed by atoms with Gasteiger partial charge in [0.2, 0.25) is 0 Å². The summed E-state index contributed by atoms with van der Waals surface area (Å²) >= 11 is 1.45. The summed E-state index contributed by atoms with van der Waals surface area (Å²) in [4.78, 5) is 16.5. The number of hydrogen-bond donors (Lipinski definition) is 1. The number of phenols is 1. The van der Waals surface area contributed by atoms with Crippen molar-refractivity contribution in [2.45, 2.75) is 39.2 Å². The van der Waals surface area contributed by atoms with Crippen LogP contribution in [0.1, 0.15) is 39.2 Å². The Hall–Kier alpha value is -1.69. The number of ether oxygens (including phenoxy) is 2. The summed E-state index contributed by atoms with van der Waals surface area (Å²) in [6.45, 7) is 6.59. The van der Waals surface area contributed by atoms with Gasteiger partial charge in [-0.2, -0.15) is 0 Å². The summed E-state index contributed by atoms with van der Waals surface area (Å²) in [7, 11) is 0. The molecule has 1 aromatic rings. The van der Waals surface area contributed by atoms with Crippen LogP contribution < -0.4 is 4.74 Å². The number of rotatable bonds is 7. The van der Waals surface area contributed by atoms with E-state index >= 15 is 0 Å². The van der Waals surface area contributed by atoms with Gasteiger partial charge in [0.15, 0.2) is 5.54 Å². The molecule has 0 spiro atoms. The van der Waals surface area contributed by atoms with Crippen molar-refractivity contribution in [3.05, 3.63) is 23.8 Å². The normalized spacial score (nSPS) is 20.2. The molecule has 0 radical (unpaired) electrons. The molecule has 0 saturated carbocycles. The van der Waals surface area contributed by atoms with Crippen molar-refractivity contribution in [2.24, 2.45) is 4.99 Å². The molecule has 0 fully saturated rings. The van der Waals surface area contributed by atoms with Gasteiger partial charge in [-0.05, 0) is 32.4 Å². The number of carbonyl (C=O) groups excluding carboxylic acids is 1. The minimum Gasteiger partial charge on any atom is -0.507 e. The molecule has 23 heavy (non-hydrogen) atoms. The van der Waals surface area contributed by atoms with Crippen LogP contribution >= 0.6 is 11.8 Å². The summed E-state index contributed by atoms with van der Waals surface area (Å²) in [5.41, 5.74) is -0.274. The van der Waals surface area contributed by atoms with E-state index in [2.05, 4.69) is 11.9 Å². The van der Waals surface area contributed by atoms with Gasteiger partial charge in [0.25, 0.3) is 0 Å². The fourth-order valence-electron chi connectivity index (χ4n) is 2.14. The molecular weight excluding hydrogens is 314 g/mol. The highest BCUT2D eigenvalue weighted by Gasteiger charge is 2.40. The highest BCUT2D eigenvalue weighted by Crippen LogP contribution is 2.35. The first-order chi connectivity index (χ1) is 11.0. The minimum absolute atomic E-state index is 0.110. The van der Waals surface area contributed by atoms with Gasteiger partial charge in [-0.15, -0.1) is 11.8 Å². The molecule has 0 saturated heterocycles. The lowest BCUT2D eigenvalue weighted by Crippen LogP contribution is -2.35. The van der Waals surface area contributed by atoms with E-state index in [9.17, 15) is 9.90 Å². The summed E-state index contributed by atoms with van der Waals surface area (Å²) in [6.07, 6.45) is 2.03. The minimum atomic E-state index is -0.890. The summed E-state index contributed by atoms with van der Waals surface area (Å²) in [5.74, 6) is 0.923. The fraction of sp³-hybridized carbons (Fsp3) is 0.529. The van der Waals surface area contributed by atoms with E-state index < -0.39 is 5.54 Å². The molecule has 0 aromatic heterocycles. The Kier molecular flexibility index (Phi) is 5.93. The van der Waals surface area contributed by atoms with Crippen LogP contribution in [-0.2, 0) is 9.53 Å². The molecule has 1 aliphatic heterocycles. The largest absolute Gasteiger partial charge is 0.507 e. The fourth-order valence-corrected chi connectivity index (χ4v) is 3.34. The van der Waals surface area contributed by atoms with Crippen molar-refractivity contribution in [1.29, 1.82) is 0 Å². The lowest BCUT2D eigenvalue weighted by atomic mass is 10.1. The Morgan fingerprint density at radius 3 is 2.87 bits per heavy atom. The van der Waals surface area contributed by atoms with Crippen LogP contribution in [0, 0.1) is 0 Å². The SMILES string of the molecule is CCCCOc1ccc(C2=N[C@@](C)(C(=O)OCC)CS2)c(O)c1. The number of esters is 1. The van der Waals surface area contributed by atoms with Gasteiger partial charge in [0, 0.05) is 17.4 Å². The molecule has 1 heterocycles.